The highest BCUT2D eigenvalue weighted by Crippen LogP contribution is 2.22. The van der Waals surface area contributed by atoms with E-state index in [-0.39, 0.29) is 18.1 Å². The van der Waals surface area contributed by atoms with Gasteiger partial charge in [0.05, 0.1) is 6.04 Å². The molecule has 0 aromatic carbocycles. The summed E-state index contributed by atoms with van der Waals surface area (Å²) < 4.78 is 0. The van der Waals surface area contributed by atoms with E-state index in [1.165, 1.54) is 15.3 Å². The Labute approximate surface area is 137 Å². The summed E-state index contributed by atoms with van der Waals surface area (Å²) in [6.45, 7) is 13.1. The van der Waals surface area contributed by atoms with E-state index in [9.17, 15) is 4.79 Å². The molecule has 0 aliphatic carbocycles. The van der Waals surface area contributed by atoms with E-state index in [1.807, 2.05) is 6.92 Å². The third kappa shape index (κ3) is 5.14. The maximum absolute atomic E-state index is 12.1. The lowest BCUT2D eigenvalue weighted by atomic mass is 10.0. The van der Waals surface area contributed by atoms with E-state index in [4.69, 9.17) is 0 Å². The van der Waals surface area contributed by atoms with E-state index < -0.39 is 0 Å². The molecule has 2 heterocycles. The molecule has 2 rings (SSSR count). The Morgan fingerprint density at radius 1 is 1.45 bits per heavy atom. The van der Waals surface area contributed by atoms with Crippen LogP contribution >= 0.6 is 11.3 Å². The number of nitrogens with zero attached hydrogens (tertiary/aromatic N) is 1. The van der Waals surface area contributed by atoms with Crippen molar-refractivity contribution in [3.8, 4) is 0 Å². The predicted octanol–water partition coefficient (Wildman–Crippen LogP) is 3.46. The number of likely N-dealkylation sites (tertiary alicyclic amines) is 1. The van der Waals surface area contributed by atoms with Crippen molar-refractivity contribution in [1.29, 1.82) is 0 Å². The number of urea groups is 1. The van der Waals surface area contributed by atoms with Gasteiger partial charge in [-0.2, -0.15) is 0 Å². The molecule has 22 heavy (non-hydrogen) atoms. The molecule has 1 atom stereocenters. The number of thiophene rings is 1. The monoisotopic (exact) mass is 321 g/mol. The number of hydrogen-bond acceptors (Lipinski definition) is 3. The zero-order valence-corrected chi connectivity index (χ0v) is 14.6. The van der Waals surface area contributed by atoms with E-state index in [1.54, 1.807) is 11.3 Å². The standard InChI is InChI=1S/C17H27N3OS/c1-12(2)11-20-9-7-15(8-10-20)19-17(21)18-14(4)16-6-5-13(3)22-16/h5-6,14-15H,1,7-11H2,2-4H3,(H2,18,19,21)/t14-/m1/s1. The summed E-state index contributed by atoms with van der Waals surface area (Å²) >= 11 is 1.73. The summed E-state index contributed by atoms with van der Waals surface area (Å²) in [5, 5.41) is 6.14. The third-order valence-corrected chi connectivity index (χ3v) is 5.14. The zero-order chi connectivity index (χ0) is 16.1. The fraction of sp³-hybridized carbons (Fsp3) is 0.588. The number of piperidine rings is 1. The number of carbonyl (C=O) groups is 1. The third-order valence-electron chi connectivity index (χ3n) is 3.95. The Morgan fingerprint density at radius 3 is 2.68 bits per heavy atom. The predicted molar refractivity (Wildman–Crippen MR) is 93.4 cm³/mol. The highest BCUT2D eigenvalue weighted by molar-refractivity contribution is 7.12. The van der Waals surface area contributed by atoms with Gasteiger partial charge >= 0.3 is 6.03 Å². The molecule has 1 fully saturated rings. The Morgan fingerprint density at radius 2 is 2.14 bits per heavy atom. The van der Waals surface area contributed by atoms with Gasteiger partial charge in [-0.15, -0.1) is 11.3 Å². The second-order valence-electron chi connectivity index (χ2n) is 6.30. The lowest BCUT2D eigenvalue weighted by Gasteiger charge is -2.32. The molecule has 5 heteroatoms. The van der Waals surface area contributed by atoms with Gasteiger partial charge in [-0.05, 0) is 45.7 Å². The van der Waals surface area contributed by atoms with E-state index >= 15 is 0 Å². The van der Waals surface area contributed by atoms with Crippen LogP contribution in [0.2, 0.25) is 0 Å². The molecule has 0 bridgehead atoms. The fourth-order valence-electron chi connectivity index (χ4n) is 2.80. The van der Waals surface area contributed by atoms with Crippen molar-refractivity contribution in [2.75, 3.05) is 19.6 Å². The zero-order valence-electron chi connectivity index (χ0n) is 13.8. The summed E-state index contributed by atoms with van der Waals surface area (Å²) in [4.78, 5) is 17.0. The molecule has 1 aromatic heterocycles. The van der Waals surface area contributed by atoms with Gasteiger partial charge in [0.2, 0.25) is 0 Å². The molecule has 0 saturated carbocycles. The van der Waals surface area contributed by atoms with Gasteiger partial charge in [-0.3, -0.25) is 4.90 Å². The van der Waals surface area contributed by atoms with E-state index in [0.29, 0.717) is 0 Å². The molecule has 2 amide bonds. The van der Waals surface area contributed by atoms with Gasteiger partial charge < -0.3 is 10.6 Å². The molecular formula is C17H27N3OS. The van der Waals surface area contributed by atoms with Gasteiger partial charge in [-0.1, -0.05) is 12.2 Å². The molecule has 0 spiro atoms. The second kappa shape index (κ2) is 7.79. The first-order valence-corrected chi connectivity index (χ1v) is 8.76. The molecule has 1 saturated heterocycles. The van der Waals surface area contributed by atoms with Crippen molar-refractivity contribution in [3.63, 3.8) is 0 Å². The van der Waals surface area contributed by atoms with Gasteiger partial charge in [0.1, 0.15) is 0 Å². The maximum atomic E-state index is 12.1. The normalized spacial score (nSPS) is 18.0. The van der Waals surface area contributed by atoms with Crippen molar-refractivity contribution in [3.05, 3.63) is 34.0 Å². The van der Waals surface area contributed by atoms with Gasteiger partial charge in [0.25, 0.3) is 0 Å². The Bertz CT molecular complexity index is 518. The first-order valence-electron chi connectivity index (χ1n) is 7.94. The largest absolute Gasteiger partial charge is 0.335 e. The number of aryl methyl sites for hydroxylation is 1. The lowest BCUT2D eigenvalue weighted by Crippen LogP contribution is -2.48. The van der Waals surface area contributed by atoms with Crippen LogP contribution in [0.5, 0.6) is 0 Å². The van der Waals surface area contributed by atoms with Gasteiger partial charge in [-0.25, -0.2) is 4.79 Å². The van der Waals surface area contributed by atoms with Gasteiger partial charge in [0, 0.05) is 35.4 Å². The second-order valence-corrected chi connectivity index (χ2v) is 7.61. The number of carbonyl (C=O) groups excluding carboxylic acids is 1. The molecule has 1 aliphatic rings. The van der Waals surface area contributed by atoms with Crippen molar-refractivity contribution in [2.45, 2.75) is 45.7 Å². The molecule has 0 radical (unpaired) electrons. The van der Waals surface area contributed by atoms with Crippen LogP contribution in [0.25, 0.3) is 0 Å². The van der Waals surface area contributed by atoms with Crippen molar-refractivity contribution < 1.29 is 4.79 Å². The molecular weight excluding hydrogens is 294 g/mol. The first-order chi connectivity index (χ1) is 10.4. The van der Waals surface area contributed by atoms with Crippen LogP contribution in [0.3, 0.4) is 0 Å². The van der Waals surface area contributed by atoms with Crippen LogP contribution in [0.1, 0.15) is 42.5 Å². The fourth-order valence-corrected chi connectivity index (χ4v) is 3.68. The molecule has 0 unspecified atom stereocenters. The minimum absolute atomic E-state index is 0.0576. The topological polar surface area (TPSA) is 44.4 Å². The maximum Gasteiger partial charge on any atom is 0.315 e. The van der Waals surface area contributed by atoms with Crippen molar-refractivity contribution >= 4 is 17.4 Å². The Kier molecular flexibility index (Phi) is 6.03. The molecule has 4 nitrogen and oxygen atoms in total. The first kappa shape index (κ1) is 17.0. The van der Waals surface area contributed by atoms with Crippen LogP contribution in [0.15, 0.2) is 24.3 Å². The smallest absolute Gasteiger partial charge is 0.315 e. The minimum Gasteiger partial charge on any atom is -0.335 e. The van der Waals surface area contributed by atoms with E-state index in [0.717, 1.165) is 32.5 Å². The SMILES string of the molecule is C=C(C)CN1CCC(NC(=O)N[C@H](C)c2ccc(C)s2)CC1. The van der Waals surface area contributed by atoms with Crippen LogP contribution < -0.4 is 10.6 Å². The van der Waals surface area contributed by atoms with Crippen molar-refractivity contribution in [1.82, 2.24) is 15.5 Å². The van der Waals surface area contributed by atoms with Crippen LogP contribution in [0, 0.1) is 6.92 Å². The van der Waals surface area contributed by atoms with Crippen LogP contribution in [-0.2, 0) is 0 Å². The van der Waals surface area contributed by atoms with Gasteiger partial charge in [0.15, 0.2) is 0 Å². The molecule has 1 aliphatic heterocycles. The Hall–Kier alpha value is -1.33. The number of nitrogens with one attached hydrogen (secondary N) is 2. The Balaban J connectivity index is 1.73. The summed E-state index contributed by atoms with van der Waals surface area (Å²) in [7, 11) is 0. The highest BCUT2D eigenvalue weighted by Gasteiger charge is 2.21. The summed E-state index contributed by atoms with van der Waals surface area (Å²) in [5.41, 5.74) is 1.20. The van der Waals surface area contributed by atoms with Crippen LogP contribution in [-0.4, -0.2) is 36.6 Å². The summed E-state index contributed by atoms with van der Waals surface area (Å²) in [6.07, 6.45) is 2.01. The quantitative estimate of drug-likeness (QED) is 0.816. The van der Waals surface area contributed by atoms with E-state index in [2.05, 4.69) is 48.1 Å². The summed E-state index contributed by atoms with van der Waals surface area (Å²) in [5.74, 6) is 0. The average Bonchev–Trinajstić information content (AvgIpc) is 2.87. The van der Waals surface area contributed by atoms with Crippen LogP contribution in [0.4, 0.5) is 4.79 Å². The minimum atomic E-state index is -0.0584. The highest BCUT2D eigenvalue weighted by atomic mass is 32.1. The number of rotatable bonds is 5. The summed E-state index contributed by atoms with van der Waals surface area (Å²) in [6, 6.07) is 4.45. The lowest BCUT2D eigenvalue weighted by molar-refractivity contribution is 0.200. The number of amides is 2. The van der Waals surface area contributed by atoms with Crippen molar-refractivity contribution in [2.24, 2.45) is 0 Å². The number of hydrogen-bond donors (Lipinski definition) is 2. The molecule has 1 aromatic rings. The average molecular weight is 321 g/mol. The molecule has 2 N–H and O–H groups in total. The molecule has 122 valence electrons.